The number of fused-ring (bicyclic) bond motifs is 1. The van der Waals surface area contributed by atoms with E-state index in [0.717, 1.165) is 40.3 Å². The van der Waals surface area contributed by atoms with Crippen molar-refractivity contribution < 1.29 is 14.0 Å². The van der Waals surface area contributed by atoms with E-state index >= 15 is 0 Å². The minimum atomic E-state index is 0.0516. The number of hydrogen-bond donors (Lipinski definition) is 1. The molecular weight excluding hydrogens is 424 g/mol. The zero-order valence-electron chi connectivity index (χ0n) is 19.8. The standard InChI is InChI=1S/C29H32N2O3/c1-20-9-12-22(13-10-20)29(33)31-16-15-26-24(19-31)18-27(34-26)23-7-4-8-25(17-23)30-28(32)14-11-21-5-2-3-6-21/h4,7-10,12-13,17-18,21H,2-3,5-6,11,14-16,19H2,1H3,(H,30,32). The van der Waals surface area contributed by atoms with Gasteiger partial charge in [0.15, 0.2) is 0 Å². The Morgan fingerprint density at radius 1 is 1.06 bits per heavy atom. The topological polar surface area (TPSA) is 62.6 Å². The smallest absolute Gasteiger partial charge is 0.254 e. The van der Waals surface area contributed by atoms with Crippen molar-refractivity contribution in [1.82, 2.24) is 4.90 Å². The Balaban J connectivity index is 1.24. The van der Waals surface area contributed by atoms with Crippen molar-refractivity contribution in [3.05, 3.63) is 77.0 Å². The first-order valence-corrected chi connectivity index (χ1v) is 12.4. The molecule has 1 aromatic heterocycles. The molecule has 176 valence electrons. The summed E-state index contributed by atoms with van der Waals surface area (Å²) >= 11 is 0. The molecule has 0 radical (unpaired) electrons. The first kappa shape index (κ1) is 22.5. The van der Waals surface area contributed by atoms with Gasteiger partial charge in [0.1, 0.15) is 11.5 Å². The third-order valence-corrected chi connectivity index (χ3v) is 7.14. The van der Waals surface area contributed by atoms with E-state index in [2.05, 4.69) is 5.32 Å². The largest absolute Gasteiger partial charge is 0.461 e. The highest BCUT2D eigenvalue weighted by molar-refractivity contribution is 5.94. The second-order valence-electron chi connectivity index (χ2n) is 9.72. The number of nitrogens with zero attached hydrogens (tertiary/aromatic N) is 1. The van der Waals surface area contributed by atoms with Crippen molar-refractivity contribution in [3.63, 3.8) is 0 Å². The Kier molecular flexibility index (Phi) is 6.52. The van der Waals surface area contributed by atoms with Crippen molar-refractivity contribution in [2.24, 2.45) is 5.92 Å². The lowest BCUT2D eigenvalue weighted by atomic mass is 10.0. The predicted octanol–water partition coefficient (Wildman–Crippen LogP) is 6.36. The Hall–Kier alpha value is -3.34. The average Bonchev–Trinajstić information content (AvgIpc) is 3.52. The molecule has 5 nitrogen and oxygen atoms in total. The maximum absolute atomic E-state index is 12.9. The van der Waals surface area contributed by atoms with Crippen LogP contribution >= 0.6 is 0 Å². The van der Waals surface area contributed by atoms with E-state index < -0.39 is 0 Å². The number of nitrogens with one attached hydrogen (secondary N) is 1. The maximum atomic E-state index is 12.9. The molecule has 2 aliphatic rings. The molecule has 1 saturated carbocycles. The number of benzene rings is 2. The number of hydrogen-bond acceptors (Lipinski definition) is 3. The van der Waals surface area contributed by atoms with Gasteiger partial charge in [-0.2, -0.15) is 0 Å². The summed E-state index contributed by atoms with van der Waals surface area (Å²) in [5.74, 6) is 2.55. The molecule has 3 aromatic rings. The summed E-state index contributed by atoms with van der Waals surface area (Å²) in [4.78, 5) is 27.3. The van der Waals surface area contributed by atoms with E-state index in [1.165, 1.54) is 25.7 Å². The minimum absolute atomic E-state index is 0.0516. The number of carbonyl (C=O) groups is 2. The number of aryl methyl sites for hydroxylation is 1. The monoisotopic (exact) mass is 456 g/mol. The minimum Gasteiger partial charge on any atom is -0.461 e. The fourth-order valence-corrected chi connectivity index (χ4v) is 5.14. The number of amides is 2. The molecule has 5 heteroatoms. The number of rotatable bonds is 6. The van der Waals surface area contributed by atoms with Gasteiger partial charge in [-0.25, -0.2) is 0 Å². The molecule has 0 bridgehead atoms. The van der Waals surface area contributed by atoms with Crippen LogP contribution in [0.15, 0.2) is 59.0 Å². The Labute approximate surface area is 201 Å². The van der Waals surface area contributed by atoms with Crippen molar-refractivity contribution >= 4 is 17.5 Å². The summed E-state index contributed by atoms with van der Waals surface area (Å²) in [6.07, 6.45) is 7.39. The predicted molar refractivity (Wildman–Crippen MR) is 134 cm³/mol. The highest BCUT2D eigenvalue weighted by Crippen LogP contribution is 2.32. The summed E-state index contributed by atoms with van der Waals surface area (Å²) < 4.78 is 6.17. The molecule has 2 amide bonds. The second-order valence-corrected chi connectivity index (χ2v) is 9.72. The lowest BCUT2D eigenvalue weighted by Gasteiger charge is -2.26. The average molecular weight is 457 g/mol. The van der Waals surface area contributed by atoms with Gasteiger partial charge in [-0.3, -0.25) is 9.59 Å². The van der Waals surface area contributed by atoms with Crippen LogP contribution in [0.4, 0.5) is 5.69 Å². The van der Waals surface area contributed by atoms with Gasteiger partial charge in [0.2, 0.25) is 5.91 Å². The van der Waals surface area contributed by atoms with Crippen LogP contribution in [0, 0.1) is 12.8 Å². The molecule has 1 aliphatic carbocycles. The summed E-state index contributed by atoms with van der Waals surface area (Å²) in [5, 5.41) is 3.05. The number of anilines is 1. The molecular formula is C29H32N2O3. The zero-order valence-corrected chi connectivity index (χ0v) is 19.8. The van der Waals surface area contributed by atoms with Crippen LogP contribution in [-0.2, 0) is 17.8 Å². The van der Waals surface area contributed by atoms with E-state index in [1.807, 2.05) is 66.4 Å². The van der Waals surface area contributed by atoms with Crippen LogP contribution in [0.3, 0.4) is 0 Å². The molecule has 0 saturated heterocycles. The molecule has 2 aromatic carbocycles. The lowest BCUT2D eigenvalue weighted by Crippen LogP contribution is -2.35. The van der Waals surface area contributed by atoms with Crippen LogP contribution in [0.1, 0.15) is 65.8 Å². The van der Waals surface area contributed by atoms with Gasteiger partial charge in [-0.1, -0.05) is 55.5 Å². The molecule has 0 spiro atoms. The van der Waals surface area contributed by atoms with Gasteiger partial charge in [0.25, 0.3) is 5.91 Å². The lowest BCUT2D eigenvalue weighted by molar-refractivity contribution is -0.116. The first-order valence-electron chi connectivity index (χ1n) is 12.4. The van der Waals surface area contributed by atoms with Gasteiger partial charge < -0.3 is 14.6 Å². The highest BCUT2D eigenvalue weighted by Gasteiger charge is 2.25. The molecule has 5 rings (SSSR count). The number of carbonyl (C=O) groups excluding carboxylic acids is 2. The van der Waals surface area contributed by atoms with Gasteiger partial charge >= 0.3 is 0 Å². The molecule has 1 fully saturated rings. The Bertz CT molecular complexity index is 1170. The maximum Gasteiger partial charge on any atom is 0.254 e. The molecule has 1 aliphatic heterocycles. The van der Waals surface area contributed by atoms with Crippen LogP contribution in [0.2, 0.25) is 0 Å². The quantitative estimate of drug-likeness (QED) is 0.469. The highest BCUT2D eigenvalue weighted by atomic mass is 16.3. The molecule has 0 atom stereocenters. The van der Waals surface area contributed by atoms with E-state index in [4.69, 9.17) is 4.42 Å². The fraction of sp³-hybridized carbons (Fsp3) is 0.379. The van der Waals surface area contributed by atoms with E-state index in [1.54, 1.807) is 0 Å². The van der Waals surface area contributed by atoms with Crippen molar-refractivity contribution in [3.8, 4) is 11.3 Å². The zero-order chi connectivity index (χ0) is 23.5. The molecule has 34 heavy (non-hydrogen) atoms. The van der Waals surface area contributed by atoms with Crippen LogP contribution in [-0.4, -0.2) is 23.3 Å². The van der Waals surface area contributed by atoms with E-state index in [-0.39, 0.29) is 11.8 Å². The summed E-state index contributed by atoms with van der Waals surface area (Å²) in [7, 11) is 0. The van der Waals surface area contributed by atoms with Gasteiger partial charge in [-0.15, -0.1) is 0 Å². The van der Waals surface area contributed by atoms with Gasteiger partial charge in [0, 0.05) is 48.3 Å². The van der Waals surface area contributed by atoms with Crippen LogP contribution < -0.4 is 5.32 Å². The third kappa shape index (κ3) is 5.09. The van der Waals surface area contributed by atoms with Crippen LogP contribution in [0.5, 0.6) is 0 Å². The first-order chi connectivity index (χ1) is 16.5. The summed E-state index contributed by atoms with van der Waals surface area (Å²) in [6.45, 7) is 3.21. The van der Waals surface area contributed by atoms with E-state index in [9.17, 15) is 9.59 Å². The fourth-order valence-electron chi connectivity index (χ4n) is 5.14. The summed E-state index contributed by atoms with van der Waals surface area (Å²) in [5.41, 5.74) is 4.63. The van der Waals surface area contributed by atoms with Crippen molar-refractivity contribution in [1.29, 1.82) is 0 Å². The molecule has 0 unspecified atom stereocenters. The van der Waals surface area contributed by atoms with Crippen molar-refractivity contribution in [2.75, 3.05) is 11.9 Å². The SMILES string of the molecule is Cc1ccc(C(=O)N2CCc3oc(-c4cccc(NC(=O)CCC5CCCC5)c4)cc3C2)cc1. The molecule has 1 N–H and O–H groups in total. The van der Waals surface area contributed by atoms with E-state index in [0.29, 0.717) is 37.4 Å². The van der Waals surface area contributed by atoms with Crippen LogP contribution in [0.25, 0.3) is 11.3 Å². The normalized spacial score (nSPS) is 15.9. The number of furan rings is 1. The van der Waals surface area contributed by atoms with Gasteiger partial charge in [-0.05, 0) is 49.6 Å². The molecule has 2 heterocycles. The summed E-state index contributed by atoms with van der Waals surface area (Å²) in [6, 6.07) is 17.6. The second kappa shape index (κ2) is 9.88. The Morgan fingerprint density at radius 3 is 2.65 bits per heavy atom. The van der Waals surface area contributed by atoms with Crippen molar-refractivity contribution in [2.45, 2.75) is 58.4 Å². The third-order valence-electron chi connectivity index (χ3n) is 7.14. The van der Waals surface area contributed by atoms with Gasteiger partial charge in [0.05, 0.1) is 0 Å². The Morgan fingerprint density at radius 2 is 1.85 bits per heavy atom.